The van der Waals surface area contributed by atoms with Crippen molar-refractivity contribution in [1.82, 2.24) is 10.3 Å². The van der Waals surface area contributed by atoms with Crippen LogP contribution in [0, 0.1) is 0 Å². The number of hydrogen-bond acceptors (Lipinski definition) is 6. The first-order valence-electron chi connectivity index (χ1n) is 8.68. The predicted molar refractivity (Wildman–Crippen MR) is 97.5 cm³/mol. The van der Waals surface area contributed by atoms with E-state index >= 15 is 0 Å². The van der Waals surface area contributed by atoms with Crippen molar-refractivity contribution in [2.45, 2.75) is 25.8 Å². The molecule has 26 heavy (non-hydrogen) atoms. The van der Waals surface area contributed by atoms with E-state index in [4.69, 9.17) is 15.0 Å². The van der Waals surface area contributed by atoms with Crippen LogP contribution < -0.4 is 16.0 Å². The van der Waals surface area contributed by atoms with E-state index in [1.807, 2.05) is 12.1 Å². The number of nitrogens with one attached hydrogen (secondary N) is 1. The number of oxime groups is 1. The average molecular weight is 357 g/mol. The van der Waals surface area contributed by atoms with E-state index in [0.717, 1.165) is 18.9 Å². The third kappa shape index (κ3) is 4.98. The highest BCUT2D eigenvalue weighted by Crippen LogP contribution is 2.17. The van der Waals surface area contributed by atoms with Gasteiger partial charge in [-0.2, -0.15) is 0 Å². The number of carbonyl (C=O) groups excluding carboxylic acids is 1. The number of rotatable bonds is 7. The van der Waals surface area contributed by atoms with Gasteiger partial charge in [0.1, 0.15) is 11.6 Å². The van der Waals surface area contributed by atoms with Crippen molar-refractivity contribution in [3.05, 3.63) is 48.0 Å². The highest BCUT2D eigenvalue weighted by molar-refractivity contribution is 5.97. The van der Waals surface area contributed by atoms with Gasteiger partial charge in [0.2, 0.25) is 0 Å². The Balaban J connectivity index is 1.45. The minimum Gasteiger partial charge on any atom is -0.467 e. The molecule has 0 bridgehead atoms. The fourth-order valence-corrected chi connectivity index (χ4v) is 2.71. The lowest BCUT2D eigenvalue weighted by Crippen LogP contribution is -2.30. The summed E-state index contributed by atoms with van der Waals surface area (Å²) in [4.78, 5) is 23.4. The minimum absolute atomic E-state index is 0.182. The van der Waals surface area contributed by atoms with Crippen LogP contribution in [0.4, 0.5) is 5.82 Å². The van der Waals surface area contributed by atoms with Crippen molar-refractivity contribution < 1.29 is 14.0 Å². The fourth-order valence-electron chi connectivity index (χ4n) is 2.71. The molecule has 3 rings (SSSR count). The molecule has 1 amide bonds. The van der Waals surface area contributed by atoms with Crippen molar-refractivity contribution in [3.8, 4) is 0 Å². The van der Waals surface area contributed by atoms with Gasteiger partial charge in [-0.25, -0.2) is 4.98 Å². The number of nitrogens with zero attached hydrogens (tertiary/aromatic N) is 3. The third-order valence-corrected chi connectivity index (χ3v) is 4.12. The summed E-state index contributed by atoms with van der Waals surface area (Å²) in [5.74, 6) is 1.48. The van der Waals surface area contributed by atoms with Crippen molar-refractivity contribution in [2.24, 2.45) is 10.9 Å². The summed E-state index contributed by atoms with van der Waals surface area (Å²) in [6, 6.07) is 7.32. The predicted octanol–water partition coefficient (Wildman–Crippen LogP) is 1.62. The van der Waals surface area contributed by atoms with Crippen LogP contribution in [-0.2, 0) is 16.2 Å². The van der Waals surface area contributed by atoms with Gasteiger partial charge in [0.05, 0.1) is 12.8 Å². The summed E-state index contributed by atoms with van der Waals surface area (Å²) in [5, 5.41) is 6.43. The largest absolute Gasteiger partial charge is 0.467 e. The number of carbonyl (C=O) groups is 1. The zero-order valence-corrected chi connectivity index (χ0v) is 14.6. The van der Waals surface area contributed by atoms with Gasteiger partial charge in [-0.05, 0) is 43.5 Å². The number of amidine groups is 1. The first-order chi connectivity index (χ1) is 12.7. The van der Waals surface area contributed by atoms with Gasteiger partial charge >= 0.3 is 0 Å². The lowest BCUT2D eigenvalue weighted by molar-refractivity contribution is -0.125. The van der Waals surface area contributed by atoms with Crippen LogP contribution in [0.1, 0.15) is 30.6 Å². The van der Waals surface area contributed by atoms with Crippen molar-refractivity contribution in [2.75, 3.05) is 24.6 Å². The minimum atomic E-state index is -0.309. The molecule has 2 aromatic heterocycles. The summed E-state index contributed by atoms with van der Waals surface area (Å²) >= 11 is 0. The molecule has 8 nitrogen and oxygen atoms in total. The van der Waals surface area contributed by atoms with E-state index in [0.29, 0.717) is 17.9 Å². The summed E-state index contributed by atoms with van der Waals surface area (Å²) in [5.41, 5.74) is 6.54. The lowest BCUT2D eigenvalue weighted by atomic mass is 10.1. The second kappa shape index (κ2) is 8.89. The maximum Gasteiger partial charge on any atom is 0.261 e. The Bertz CT molecular complexity index is 722. The van der Waals surface area contributed by atoms with Gasteiger partial charge in [-0.3, -0.25) is 4.79 Å². The van der Waals surface area contributed by atoms with E-state index in [-0.39, 0.29) is 18.3 Å². The molecule has 0 aromatic carbocycles. The van der Waals surface area contributed by atoms with E-state index < -0.39 is 0 Å². The number of amides is 1. The van der Waals surface area contributed by atoms with Crippen LogP contribution in [0.2, 0.25) is 0 Å². The quantitative estimate of drug-likeness (QED) is 0.443. The summed E-state index contributed by atoms with van der Waals surface area (Å²) in [6.45, 7) is 2.15. The molecule has 138 valence electrons. The number of furan rings is 1. The molecule has 0 spiro atoms. The molecular formula is C18H23N5O3. The van der Waals surface area contributed by atoms with Gasteiger partial charge in [-0.15, -0.1) is 0 Å². The molecular weight excluding hydrogens is 334 g/mol. The third-order valence-electron chi connectivity index (χ3n) is 4.12. The molecule has 1 aliphatic heterocycles. The van der Waals surface area contributed by atoms with Crippen LogP contribution >= 0.6 is 0 Å². The summed E-state index contributed by atoms with van der Waals surface area (Å²) < 4.78 is 5.12. The number of aromatic nitrogens is 1. The normalized spacial score (nSPS) is 14.9. The second-order valence-electron chi connectivity index (χ2n) is 6.06. The maximum absolute atomic E-state index is 11.7. The highest BCUT2D eigenvalue weighted by atomic mass is 16.6. The molecule has 0 aliphatic carbocycles. The Hall–Kier alpha value is -3.03. The number of nitrogens with two attached hydrogens (primary N) is 1. The maximum atomic E-state index is 11.7. The monoisotopic (exact) mass is 357 g/mol. The summed E-state index contributed by atoms with van der Waals surface area (Å²) in [7, 11) is 0. The molecule has 0 unspecified atom stereocenters. The number of piperidine rings is 1. The van der Waals surface area contributed by atoms with Crippen LogP contribution in [-0.4, -0.2) is 36.4 Å². The topological polar surface area (TPSA) is 106 Å². The standard InChI is InChI=1S/C18H23N5O3/c19-18(22-26-13-17(24)21-12-15-5-4-10-25-15)14-6-7-16(20-11-14)23-8-2-1-3-9-23/h4-7,10-11H,1-3,8-9,12-13H2,(H2,19,22)(H,21,24). The zero-order chi connectivity index (χ0) is 18.2. The second-order valence-corrected chi connectivity index (χ2v) is 6.06. The number of hydrogen-bond donors (Lipinski definition) is 2. The van der Waals surface area contributed by atoms with Crippen molar-refractivity contribution >= 4 is 17.6 Å². The number of anilines is 1. The Labute approximate surface area is 152 Å². The van der Waals surface area contributed by atoms with E-state index in [9.17, 15) is 4.79 Å². The Kier molecular flexibility index (Phi) is 6.08. The number of pyridine rings is 1. The molecule has 8 heteroatoms. The van der Waals surface area contributed by atoms with Crippen LogP contribution in [0.25, 0.3) is 0 Å². The lowest BCUT2D eigenvalue weighted by Gasteiger charge is -2.27. The molecule has 3 heterocycles. The Morgan fingerprint density at radius 1 is 1.31 bits per heavy atom. The zero-order valence-electron chi connectivity index (χ0n) is 14.6. The molecule has 1 aliphatic rings. The molecule has 0 atom stereocenters. The van der Waals surface area contributed by atoms with Crippen LogP contribution in [0.3, 0.4) is 0 Å². The van der Waals surface area contributed by atoms with Crippen molar-refractivity contribution in [1.29, 1.82) is 0 Å². The fraction of sp³-hybridized carbons (Fsp3) is 0.389. The molecule has 3 N–H and O–H groups in total. The molecule has 2 aromatic rings. The van der Waals surface area contributed by atoms with Gasteiger partial charge in [-0.1, -0.05) is 5.16 Å². The smallest absolute Gasteiger partial charge is 0.261 e. The van der Waals surface area contributed by atoms with Crippen molar-refractivity contribution in [3.63, 3.8) is 0 Å². The molecule has 0 saturated carbocycles. The first-order valence-corrected chi connectivity index (χ1v) is 8.68. The molecule has 1 fully saturated rings. The van der Waals surface area contributed by atoms with E-state index in [1.54, 1.807) is 24.6 Å². The van der Waals surface area contributed by atoms with Gasteiger partial charge in [0, 0.05) is 24.8 Å². The van der Waals surface area contributed by atoms with E-state index in [1.165, 1.54) is 19.3 Å². The molecule has 1 saturated heterocycles. The van der Waals surface area contributed by atoms with E-state index in [2.05, 4.69) is 20.4 Å². The highest BCUT2D eigenvalue weighted by Gasteiger charge is 2.12. The first kappa shape index (κ1) is 17.8. The Morgan fingerprint density at radius 3 is 2.85 bits per heavy atom. The Morgan fingerprint density at radius 2 is 2.15 bits per heavy atom. The van der Waals surface area contributed by atoms with Crippen LogP contribution in [0.5, 0.6) is 0 Å². The molecule has 0 radical (unpaired) electrons. The van der Waals surface area contributed by atoms with Crippen LogP contribution in [0.15, 0.2) is 46.3 Å². The average Bonchev–Trinajstić information content (AvgIpc) is 3.21. The van der Waals surface area contributed by atoms with Gasteiger partial charge < -0.3 is 25.2 Å². The SMILES string of the molecule is N/C(=N\OCC(=O)NCc1ccco1)c1ccc(N2CCCCC2)nc1. The van der Waals surface area contributed by atoms with Gasteiger partial charge in [0.25, 0.3) is 5.91 Å². The van der Waals surface area contributed by atoms with Gasteiger partial charge in [0.15, 0.2) is 12.4 Å². The summed E-state index contributed by atoms with van der Waals surface area (Å²) in [6.07, 6.45) is 6.89.